The Morgan fingerprint density at radius 2 is 1.89 bits per heavy atom. The van der Waals surface area contributed by atoms with Crippen molar-refractivity contribution >= 4 is 28.5 Å². The lowest BCUT2D eigenvalue weighted by Crippen LogP contribution is -2.10. The van der Waals surface area contributed by atoms with Crippen LogP contribution in [0.3, 0.4) is 0 Å². The first-order chi connectivity index (χ1) is 13.5. The van der Waals surface area contributed by atoms with Gasteiger partial charge in [0.15, 0.2) is 5.76 Å². The van der Waals surface area contributed by atoms with Crippen LogP contribution >= 0.6 is 11.6 Å². The van der Waals surface area contributed by atoms with Crippen LogP contribution in [0.25, 0.3) is 22.3 Å². The van der Waals surface area contributed by atoms with Gasteiger partial charge in [-0.25, -0.2) is 4.79 Å². The fourth-order valence-electron chi connectivity index (χ4n) is 2.56. The lowest BCUT2D eigenvalue weighted by Gasteiger charge is -2.11. The number of ether oxygens (including phenoxy) is 3. The van der Waals surface area contributed by atoms with E-state index in [4.69, 9.17) is 25.5 Å². The summed E-state index contributed by atoms with van der Waals surface area (Å²) in [6.07, 6.45) is 2.66. The van der Waals surface area contributed by atoms with Crippen LogP contribution in [0.2, 0.25) is 5.02 Å². The highest BCUT2D eigenvalue weighted by molar-refractivity contribution is 6.31. The second kappa shape index (κ2) is 8.63. The zero-order chi connectivity index (χ0) is 20.1. The lowest BCUT2D eigenvalue weighted by atomic mass is 10.1. The van der Waals surface area contributed by atoms with Crippen molar-refractivity contribution in [1.29, 1.82) is 0 Å². The van der Waals surface area contributed by atoms with Gasteiger partial charge in [-0.1, -0.05) is 11.6 Å². The molecular weight excluding hydrogens is 384 g/mol. The maximum absolute atomic E-state index is 13.0. The fraction of sp³-hybridized carbons (Fsp3) is 0.143. The number of carbonyl (C=O) groups excluding carboxylic acids is 1. The summed E-state index contributed by atoms with van der Waals surface area (Å²) in [7, 11) is 2.84. The van der Waals surface area contributed by atoms with E-state index in [2.05, 4.69) is 4.74 Å². The molecule has 0 unspecified atom stereocenters. The van der Waals surface area contributed by atoms with Crippen molar-refractivity contribution in [3.8, 4) is 22.8 Å². The second-order valence-electron chi connectivity index (χ2n) is 5.69. The van der Waals surface area contributed by atoms with E-state index in [1.54, 1.807) is 43.5 Å². The van der Waals surface area contributed by atoms with E-state index in [1.807, 2.05) is 0 Å². The molecule has 3 aromatic rings. The quantitative estimate of drug-likeness (QED) is 0.455. The van der Waals surface area contributed by atoms with Gasteiger partial charge in [-0.05, 0) is 48.5 Å². The Balaban J connectivity index is 2.08. The highest BCUT2D eigenvalue weighted by Crippen LogP contribution is 2.32. The third kappa shape index (κ3) is 4.18. The Bertz CT molecular complexity index is 1080. The van der Waals surface area contributed by atoms with Gasteiger partial charge in [0.1, 0.15) is 17.9 Å². The molecule has 28 heavy (non-hydrogen) atoms. The van der Waals surface area contributed by atoms with E-state index in [9.17, 15) is 9.59 Å². The van der Waals surface area contributed by atoms with Gasteiger partial charge in [0.05, 0.1) is 19.6 Å². The van der Waals surface area contributed by atoms with Crippen LogP contribution in [0.5, 0.6) is 11.5 Å². The molecule has 7 heteroatoms. The van der Waals surface area contributed by atoms with Crippen LogP contribution in [0.4, 0.5) is 0 Å². The minimum Gasteiger partial charge on any atom is -0.497 e. The van der Waals surface area contributed by atoms with E-state index in [0.29, 0.717) is 27.3 Å². The number of fused-ring (bicyclic) bond motifs is 1. The van der Waals surface area contributed by atoms with E-state index < -0.39 is 5.97 Å². The molecule has 0 fully saturated rings. The standard InChI is InChI=1S/C21H17ClO6/c1-25-15-8-5-13(6-9-15)20-21(27-11-3-4-18(23)26-2)19(24)16-12-14(22)7-10-17(16)28-20/h3-10,12H,11H2,1-2H3/b4-3+. The predicted molar refractivity (Wildman–Crippen MR) is 106 cm³/mol. The number of halogens is 1. The van der Waals surface area contributed by atoms with E-state index >= 15 is 0 Å². The molecule has 6 nitrogen and oxygen atoms in total. The summed E-state index contributed by atoms with van der Waals surface area (Å²) in [6, 6.07) is 11.8. The van der Waals surface area contributed by atoms with Gasteiger partial charge in [-0.3, -0.25) is 4.79 Å². The minimum atomic E-state index is -0.517. The maximum atomic E-state index is 13.0. The summed E-state index contributed by atoms with van der Waals surface area (Å²) in [5, 5.41) is 0.713. The smallest absolute Gasteiger partial charge is 0.330 e. The molecule has 1 aromatic heterocycles. The summed E-state index contributed by atoms with van der Waals surface area (Å²) < 4.78 is 21.3. The molecule has 1 heterocycles. The van der Waals surface area contributed by atoms with Crippen molar-refractivity contribution in [2.24, 2.45) is 0 Å². The summed E-state index contributed by atoms with van der Waals surface area (Å²) >= 11 is 6.01. The monoisotopic (exact) mass is 400 g/mol. The predicted octanol–water partition coefficient (Wildman–Crippen LogP) is 4.23. The second-order valence-corrected chi connectivity index (χ2v) is 6.13. The number of benzene rings is 2. The van der Waals surface area contributed by atoms with Gasteiger partial charge in [-0.2, -0.15) is 0 Å². The molecule has 0 aliphatic rings. The first-order valence-electron chi connectivity index (χ1n) is 8.31. The van der Waals surface area contributed by atoms with Gasteiger partial charge in [0.25, 0.3) is 0 Å². The van der Waals surface area contributed by atoms with Gasteiger partial charge in [0.2, 0.25) is 11.2 Å². The zero-order valence-corrected chi connectivity index (χ0v) is 16.0. The Hall–Kier alpha value is -3.25. The molecule has 0 amide bonds. The zero-order valence-electron chi connectivity index (χ0n) is 15.2. The molecule has 0 spiro atoms. The Kier molecular flexibility index (Phi) is 6.01. The van der Waals surface area contributed by atoms with Gasteiger partial charge in [0, 0.05) is 16.7 Å². The Morgan fingerprint density at radius 3 is 2.57 bits per heavy atom. The molecule has 0 aliphatic carbocycles. The average molecular weight is 401 g/mol. The minimum absolute atomic E-state index is 0.0188. The van der Waals surface area contributed by atoms with Crippen molar-refractivity contribution in [3.63, 3.8) is 0 Å². The van der Waals surface area contributed by atoms with Crippen LogP contribution in [-0.4, -0.2) is 26.8 Å². The molecule has 3 rings (SSSR count). The molecule has 0 N–H and O–H groups in total. The fourth-order valence-corrected chi connectivity index (χ4v) is 2.73. The van der Waals surface area contributed by atoms with Gasteiger partial charge < -0.3 is 18.6 Å². The number of rotatable bonds is 6. The number of carbonyl (C=O) groups is 1. The summed E-state index contributed by atoms with van der Waals surface area (Å²) in [5.74, 6) is 0.446. The normalized spacial score (nSPS) is 11.0. The molecular formula is C21H17ClO6. The molecule has 144 valence electrons. The molecule has 2 aromatic carbocycles. The maximum Gasteiger partial charge on any atom is 0.330 e. The van der Waals surface area contributed by atoms with Gasteiger partial charge in [-0.15, -0.1) is 0 Å². The molecule has 0 saturated heterocycles. The Labute approximate surface area is 165 Å². The number of hydrogen-bond donors (Lipinski definition) is 0. The lowest BCUT2D eigenvalue weighted by molar-refractivity contribution is -0.134. The number of methoxy groups -OCH3 is 2. The van der Waals surface area contributed by atoms with E-state index in [0.717, 1.165) is 0 Å². The van der Waals surface area contributed by atoms with E-state index in [-0.39, 0.29) is 23.5 Å². The summed E-state index contributed by atoms with van der Waals surface area (Å²) in [6.45, 7) is -0.0188. The molecule has 0 radical (unpaired) electrons. The summed E-state index contributed by atoms with van der Waals surface area (Å²) in [4.78, 5) is 24.2. The average Bonchev–Trinajstić information content (AvgIpc) is 2.72. The number of esters is 1. The number of hydrogen-bond acceptors (Lipinski definition) is 6. The highest BCUT2D eigenvalue weighted by Gasteiger charge is 2.18. The third-order valence-electron chi connectivity index (χ3n) is 3.94. The third-order valence-corrected chi connectivity index (χ3v) is 4.18. The van der Waals surface area contributed by atoms with E-state index in [1.165, 1.54) is 25.3 Å². The molecule has 0 atom stereocenters. The largest absolute Gasteiger partial charge is 0.497 e. The molecule has 0 aliphatic heterocycles. The van der Waals surface area contributed by atoms with Crippen LogP contribution in [-0.2, 0) is 9.53 Å². The van der Waals surface area contributed by atoms with Crippen LogP contribution in [0.1, 0.15) is 0 Å². The van der Waals surface area contributed by atoms with Crippen molar-refractivity contribution in [2.75, 3.05) is 20.8 Å². The topological polar surface area (TPSA) is 75.0 Å². The highest BCUT2D eigenvalue weighted by atomic mass is 35.5. The first-order valence-corrected chi connectivity index (χ1v) is 8.69. The van der Waals surface area contributed by atoms with Crippen LogP contribution in [0.15, 0.2) is 63.8 Å². The SMILES string of the molecule is COC(=O)/C=C/COc1c(-c2ccc(OC)cc2)oc2ccc(Cl)cc2c1=O. The van der Waals surface area contributed by atoms with Crippen molar-refractivity contribution in [3.05, 3.63) is 69.9 Å². The van der Waals surface area contributed by atoms with Crippen molar-refractivity contribution in [2.45, 2.75) is 0 Å². The van der Waals surface area contributed by atoms with Gasteiger partial charge >= 0.3 is 5.97 Å². The summed E-state index contributed by atoms with van der Waals surface area (Å²) in [5.41, 5.74) is 0.667. The van der Waals surface area contributed by atoms with Crippen molar-refractivity contribution in [1.82, 2.24) is 0 Å². The first kappa shape index (κ1) is 19.5. The van der Waals surface area contributed by atoms with Crippen LogP contribution < -0.4 is 14.9 Å². The Morgan fingerprint density at radius 1 is 1.14 bits per heavy atom. The van der Waals surface area contributed by atoms with Crippen LogP contribution in [0, 0.1) is 0 Å². The van der Waals surface area contributed by atoms with Crippen molar-refractivity contribution < 1.29 is 23.4 Å². The molecule has 0 saturated carbocycles. The molecule has 0 bridgehead atoms.